The van der Waals surface area contributed by atoms with Crippen LogP contribution in [0.2, 0.25) is 0 Å². The molecule has 5 aromatic rings. The molecule has 0 saturated heterocycles. The molecule has 54 heavy (non-hydrogen) atoms. The standard InChI is InChI=1S/C33H31N2.C16H31NO.Ir/c1-19(2)23-15-16-26(25-14-10-9-13-24(23)25)30-29-31(35-32(34-30)20(3)4)27-17-21-11-7-8-12-22(21)18-28(27)33(29,5)6;1-7-13(8-2)15(17-12(5)6)11-16(18)14(9-3)10-4;/h7-15,17-20H,1-6H3;11-14H,7-10H2,1-6H3,(H,17,18);/q-1;;/p-1. The number of aromatic nitrogens is 2. The molecule has 0 atom stereocenters. The van der Waals surface area contributed by atoms with Crippen molar-refractivity contribution in [2.45, 2.75) is 132 Å². The number of carbonyl (C=O) groups is 1. The zero-order chi connectivity index (χ0) is 38.6. The largest absolute Gasteiger partial charge is 0.685 e. The first-order valence-electron chi connectivity index (χ1n) is 20.1. The van der Waals surface area contributed by atoms with Gasteiger partial charge in [0.25, 0.3) is 0 Å². The van der Waals surface area contributed by atoms with Crippen molar-refractivity contribution >= 4 is 27.3 Å². The summed E-state index contributed by atoms with van der Waals surface area (Å²) in [5.74, 6) is 2.39. The smallest absolute Gasteiger partial charge is 0.157 e. The first kappa shape index (κ1) is 43.1. The van der Waals surface area contributed by atoms with E-state index in [1.807, 2.05) is 6.08 Å². The molecule has 1 aliphatic carbocycles. The van der Waals surface area contributed by atoms with Crippen LogP contribution < -0.4 is 0 Å². The first-order chi connectivity index (χ1) is 25.3. The van der Waals surface area contributed by atoms with E-state index in [1.165, 1.54) is 43.8 Å². The number of allylic oxidation sites excluding steroid dienone is 2. The van der Waals surface area contributed by atoms with E-state index in [9.17, 15) is 4.79 Å². The van der Waals surface area contributed by atoms with Crippen LogP contribution in [0.15, 0.2) is 78.5 Å². The van der Waals surface area contributed by atoms with Gasteiger partial charge in [-0.1, -0.05) is 161 Å². The monoisotopic (exact) mass is 900 g/mol. The molecular formula is C49H61IrN3O-2. The second kappa shape index (κ2) is 18.3. The third kappa shape index (κ3) is 8.74. The summed E-state index contributed by atoms with van der Waals surface area (Å²) in [7, 11) is 0. The average molecular weight is 900 g/mol. The van der Waals surface area contributed by atoms with Crippen LogP contribution in [0.1, 0.15) is 143 Å². The number of fused-ring (bicyclic) bond motifs is 5. The van der Waals surface area contributed by atoms with Crippen LogP contribution in [0.4, 0.5) is 0 Å². The maximum atomic E-state index is 12.2. The van der Waals surface area contributed by atoms with Crippen LogP contribution in [0, 0.1) is 17.9 Å². The van der Waals surface area contributed by atoms with E-state index in [-0.39, 0.29) is 49.2 Å². The van der Waals surface area contributed by atoms with Gasteiger partial charge in [0.2, 0.25) is 0 Å². The zero-order valence-electron chi connectivity index (χ0n) is 34.7. The molecular weight excluding hydrogens is 839 g/mol. The second-order valence-corrected chi connectivity index (χ2v) is 16.2. The molecule has 1 aliphatic rings. The molecule has 1 aromatic heterocycles. The summed E-state index contributed by atoms with van der Waals surface area (Å²) < 4.78 is 0. The van der Waals surface area contributed by atoms with Crippen LogP contribution in [0.5, 0.6) is 0 Å². The molecule has 4 nitrogen and oxygen atoms in total. The Kier molecular flexibility index (Phi) is 14.6. The van der Waals surface area contributed by atoms with Gasteiger partial charge in [0.05, 0.1) is 5.69 Å². The van der Waals surface area contributed by atoms with Crippen LogP contribution in [-0.4, -0.2) is 21.8 Å². The molecule has 0 aliphatic heterocycles. The number of carbonyl (C=O) groups excluding carboxylic acids is 1. The minimum absolute atomic E-state index is 0. The van der Waals surface area contributed by atoms with Gasteiger partial charge in [-0.3, -0.25) is 9.78 Å². The number of nitrogens with zero attached hydrogens (tertiary/aromatic N) is 3. The second-order valence-electron chi connectivity index (χ2n) is 16.2. The van der Waals surface area contributed by atoms with E-state index < -0.39 is 0 Å². The van der Waals surface area contributed by atoms with Crippen molar-refractivity contribution < 1.29 is 24.9 Å². The van der Waals surface area contributed by atoms with Crippen molar-refractivity contribution in [3.8, 4) is 22.5 Å². The summed E-state index contributed by atoms with van der Waals surface area (Å²) in [6.07, 6.45) is 5.76. The van der Waals surface area contributed by atoms with Gasteiger partial charge in [-0.15, -0.1) is 29.3 Å². The predicted molar refractivity (Wildman–Crippen MR) is 227 cm³/mol. The fourth-order valence-corrected chi connectivity index (χ4v) is 7.94. The van der Waals surface area contributed by atoms with Crippen molar-refractivity contribution in [1.82, 2.24) is 9.97 Å². The van der Waals surface area contributed by atoms with E-state index in [1.54, 1.807) is 0 Å². The van der Waals surface area contributed by atoms with E-state index >= 15 is 0 Å². The van der Waals surface area contributed by atoms with Crippen molar-refractivity contribution in [2.75, 3.05) is 0 Å². The molecule has 0 bridgehead atoms. The third-order valence-electron chi connectivity index (χ3n) is 11.1. The van der Waals surface area contributed by atoms with E-state index in [2.05, 4.69) is 161 Å². The Labute approximate surface area is 339 Å². The van der Waals surface area contributed by atoms with Gasteiger partial charge in [-0.25, -0.2) is 4.98 Å². The molecule has 289 valence electrons. The molecule has 0 unspecified atom stereocenters. The normalized spacial score (nSPS) is 13.4. The minimum atomic E-state index is -0.217. The summed E-state index contributed by atoms with van der Waals surface area (Å²) >= 11 is 0. The van der Waals surface area contributed by atoms with E-state index in [0.717, 1.165) is 54.2 Å². The molecule has 1 heterocycles. The summed E-state index contributed by atoms with van der Waals surface area (Å²) in [6, 6.07) is 28.1. The van der Waals surface area contributed by atoms with Gasteiger partial charge in [-0.05, 0) is 64.6 Å². The van der Waals surface area contributed by atoms with Crippen molar-refractivity contribution in [1.29, 1.82) is 0 Å². The van der Waals surface area contributed by atoms with Crippen LogP contribution >= 0.6 is 0 Å². The number of benzene rings is 4. The molecule has 0 saturated carbocycles. The zero-order valence-corrected chi connectivity index (χ0v) is 37.1. The average Bonchev–Trinajstić information content (AvgIpc) is 3.35. The Hall–Kier alpha value is -3.66. The number of hydrogen-bond acceptors (Lipinski definition) is 3. The number of rotatable bonds is 12. The minimum Gasteiger partial charge on any atom is -0.685 e. The van der Waals surface area contributed by atoms with Gasteiger partial charge >= 0.3 is 0 Å². The Morgan fingerprint density at radius 2 is 1.31 bits per heavy atom. The summed E-state index contributed by atoms with van der Waals surface area (Å²) in [6.45, 7) is 26.1. The Balaban J connectivity index is 0.000000294. The number of ketones is 1. The molecule has 0 fully saturated rings. The molecule has 4 aromatic carbocycles. The van der Waals surface area contributed by atoms with Gasteiger partial charge in [0.1, 0.15) is 5.82 Å². The van der Waals surface area contributed by atoms with Gasteiger partial charge in [0, 0.05) is 42.9 Å². The SMILES string of the molecule is CC(C)c1nc2c(c(-c3[c-]cc(C(C)C)c4ccccc34)n1)C(C)(C)c1cc3ccccc3cc1-2.CCC(CC)C(=O)/C=C(\[N-]C(C)C)C(CC)CC.[Ir]. The summed E-state index contributed by atoms with van der Waals surface area (Å²) in [4.78, 5) is 22.6. The van der Waals surface area contributed by atoms with E-state index in [4.69, 9.17) is 9.97 Å². The van der Waals surface area contributed by atoms with Crippen molar-refractivity contribution in [2.24, 2.45) is 11.8 Å². The van der Waals surface area contributed by atoms with Crippen LogP contribution in [0.3, 0.4) is 0 Å². The van der Waals surface area contributed by atoms with Crippen molar-refractivity contribution in [3.05, 3.63) is 112 Å². The molecule has 1 radical (unpaired) electrons. The molecule has 0 N–H and O–H groups in total. The Morgan fingerprint density at radius 3 is 1.87 bits per heavy atom. The first-order valence-corrected chi connectivity index (χ1v) is 20.1. The quantitative estimate of drug-likeness (QED) is 0.0926. The Bertz CT molecular complexity index is 2100. The maximum Gasteiger partial charge on any atom is 0.157 e. The molecule has 6 rings (SSSR count). The maximum absolute atomic E-state index is 12.2. The fourth-order valence-electron chi connectivity index (χ4n) is 7.94. The van der Waals surface area contributed by atoms with Gasteiger partial charge < -0.3 is 5.32 Å². The van der Waals surface area contributed by atoms with Crippen LogP contribution in [-0.2, 0) is 30.3 Å². The van der Waals surface area contributed by atoms with Gasteiger partial charge in [0.15, 0.2) is 5.78 Å². The Morgan fingerprint density at radius 1 is 0.759 bits per heavy atom. The van der Waals surface area contributed by atoms with Gasteiger partial charge in [-0.2, -0.15) is 5.70 Å². The fraction of sp³-hybridized carbons (Fsp3) is 0.449. The topological polar surface area (TPSA) is 57.0 Å². The summed E-state index contributed by atoms with van der Waals surface area (Å²) in [5, 5.41) is 9.67. The van der Waals surface area contributed by atoms with Crippen molar-refractivity contribution in [3.63, 3.8) is 0 Å². The molecule has 0 amide bonds. The predicted octanol–water partition coefficient (Wildman–Crippen LogP) is 13.9. The van der Waals surface area contributed by atoms with E-state index in [0.29, 0.717) is 11.8 Å². The molecule has 0 spiro atoms. The molecule has 5 heteroatoms. The van der Waals surface area contributed by atoms with Crippen LogP contribution in [0.25, 0.3) is 49.4 Å². The summed E-state index contributed by atoms with van der Waals surface area (Å²) in [5.41, 5.74) is 9.07. The number of hydrogen-bond donors (Lipinski definition) is 0. The third-order valence-corrected chi connectivity index (χ3v) is 11.1.